The molecule has 0 saturated carbocycles. The van der Waals surface area contributed by atoms with Gasteiger partial charge in [0, 0.05) is 12.1 Å². The maximum absolute atomic E-state index is 13.8. The van der Waals surface area contributed by atoms with Crippen LogP contribution in [0.1, 0.15) is 22.3 Å². The number of hydrogen-bond donors (Lipinski definition) is 2. The van der Waals surface area contributed by atoms with Crippen molar-refractivity contribution >= 4 is 5.91 Å². The maximum atomic E-state index is 13.8. The molecule has 2 N–H and O–H groups in total. The number of rotatable bonds is 5. The first-order chi connectivity index (χ1) is 9.54. The van der Waals surface area contributed by atoms with E-state index in [1.54, 1.807) is 6.07 Å². The molecule has 4 nitrogen and oxygen atoms in total. The lowest BCUT2D eigenvalue weighted by Gasteiger charge is -2.10. The van der Waals surface area contributed by atoms with Crippen molar-refractivity contribution in [2.24, 2.45) is 0 Å². The summed E-state index contributed by atoms with van der Waals surface area (Å²) in [5.41, 5.74) is 0.435. The molecular formula is C15H19FN2O2. The Kier molecular flexibility index (Phi) is 6.71. The summed E-state index contributed by atoms with van der Waals surface area (Å²) in [7, 11) is 3.90. The number of nitrogens with zero attached hydrogens (tertiary/aromatic N) is 1. The largest absolute Gasteiger partial charge is 0.384 e. The van der Waals surface area contributed by atoms with Crippen LogP contribution >= 0.6 is 0 Å². The van der Waals surface area contributed by atoms with E-state index < -0.39 is 11.7 Å². The first kappa shape index (κ1) is 16.2. The van der Waals surface area contributed by atoms with Crippen molar-refractivity contribution in [2.75, 3.05) is 33.8 Å². The van der Waals surface area contributed by atoms with E-state index in [2.05, 4.69) is 17.2 Å². The third-order valence-corrected chi connectivity index (χ3v) is 2.59. The molecule has 0 atom stereocenters. The summed E-state index contributed by atoms with van der Waals surface area (Å²) < 4.78 is 13.8. The van der Waals surface area contributed by atoms with Crippen LogP contribution in [0, 0.1) is 17.7 Å². The summed E-state index contributed by atoms with van der Waals surface area (Å²) in [6.45, 7) is 1.08. The molecule has 1 amide bonds. The third-order valence-electron chi connectivity index (χ3n) is 2.59. The van der Waals surface area contributed by atoms with Gasteiger partial charge in [0.05, 0.1) is 5.56 Å². The van der Waals surface area contributed by atoms with Gasteiger partial charge < -0.3 is 15.3 Å². The summed E-state index contributed by atoms with van der Waals surface area (Å²) in [6, 6.07) is 4.15. The lowest BCUT2D eigenvalue weighted by Crippen LogP contribution is -2.27. The minimum atomic E-state index is -0.611. The minimum absolute atomic E-state index is 0.00408. The summed E-state index contributed by atoms with van der Waals surface area (Å²) in [4.78, 5) is 13.8. The van der Waals surface area contributed by atoms with Crippen LogP contribution in [-0.2, 0) is 0 Å². The van der Waals surface area contributed by atoms with Gasteiger partial charge in [0.1, 0.15) is 12.4 Å². The van der Waals surface area contributed by atoms with Crippen LogP contribution in [0.3, 0.4) is 0 Å². The van der Waals surface area contributed by atoms with Crippen LogP contribution in [0.2, 0.25) is 0 Å². The van der Waals surface area contributed by atoms with Gasteiger partial charge in [-0.1, -0.05) is 11.8 Å². The maximum Gasteiger partial charge on any atom is 0.254 e. The Hall–Kier alpha value is -1.90. The molecule has 0 fully saturated rings. The fourth-order valence-electron chi connectivity index (χ4n) is 1.61. The molecular weight excluding hydrogens is 259 g/mol. The Labute approximate surface area is 118 Å². The van der Waals surface area contributed by atoms with Crippen molar-refractivity contribution < 1.29 is 14.3 Å². The van der Waals surface area contributed by atoms with Crippen molar-refractivity contribution in [1.29, 1.82) is 0 Å². The highest BCUT2D eigenvalue weighted by Crippen LogP contribution is 2.09. The minimum Gasteiger partial charge on any atom is -0.384 e. The van der Waals surface area contributed by atoms with Crippen molar-refractivity contribution in [3.63, 3.8) is 0 Å². The van der Waals surface area contributed by atoms with Gasteiger partial charge in [-0.05, 0) is 45.3 Å². The second kappa shape index (κ2) is 8.31. The number of aliphatic hydroxyl groups is 1. The monoisotopic (exact) mass is 278 g/mol. The van der Waals surface area contributed by atoms with Crippen molar-refractivity contribution in [3.8, 4) is 11.8 Å². The first-order valence-electron chi connectivity index (χ1n) is 6.37. The molecule has 0 aliphatic rings. The highest BCUT2D eigenvalue weighted by molar-refractivity contribution is 5.94. The molecule has 20 heavy (non-hydrogen) atoms. The Bertz CT molecular complexity index is 518. The molecule has 5 heteroatoms. The quantitative estimate of drug-likeness (QED) is 0.620. The smallest absolute Gasteiger partial charge is 0.254 e. The molecule has 0 radical (unpaired) electrons. The van der Waals surface area contributed by atoms with E-state index in [1.165, 1.54) is 12.1 Å². The van der Waals surface area contributed by atoms with Crippen molar-refractivity contribution in [2.45, 2.75) is 6.42 Å². The second-order valence-electron chi connectivity index (χ2n) is 4.57. The molecule has 1 aromatic rings. The second-order valence-corrected chi connectivity index (χ2v) is 4.57. The molecule has 0 aromatic heterocycles. The average Bonchev–Trinajstić information content (AvgIpc) is 2.41. The van der Waals surface area contributed by atoms with Gasteiger partial charge in [0.25, 0.3) is 5.91 Å². The predicted molar refractivity (Wildman–Crippen MR) is 75.9 cm³/mol. The summed E-state index contributed by atoms with van der Waals surface area (Å²) >= 11 is 0. The molecule has 0 aliphatic carbocycles. The van der Waals surface area contributed by atoms with E-state index >= 15 is 0 Å². The number of benzene rings is 1. The van der Waals surface area contributed by atoms with E-state index in [0.717, 1.165) is 13.0 Å². The molecule has 0 saturated heterocycles. The van der Waals surface area contributed by atoms with E-state index in [1.807, 2.05) is 19.0 Å². The fourth-order valence-corrected chi connectivity index (χ4v) is 1.61. The number of nitrogens with one attached hydrogen (secondary N) is 1. The van der Waals surface area contributed by atoms with Gasteiger partial charge >= 0.3 is 0 Å². The molecule has 0 aliphatic heterocycles. The number of hydrogen-bond acceptors (Lipinski definition) is 3. The van der Waals surface area contributed by atoms with Crippen molar-refractivity contribution in [3.05, 3.63) is 35.1 Å². The standard InChI is InChI=1S/C15H19FN2O2/c1-18(2)9-4-8-17-15(20)13-7-6-12(5-3-10-19)11-14(13)16/h6-7,11,19H,4,8-10H2,1-2H3,(H,17,20). The summed E-state index contributed by atoms with van der Waals surface area (Å²) in [5, 5.41) is 11.2. The highest BCUT2D eigenvalue weighted by Gasteiger charge is 2.11. The zero-order valence-corrected chi connectivity index (χ0v) is 11.7. The van der Waals surface area contributed by atoms with Gasteiger partial charge in [-0.3, -0.25) is 4.79 Å². The molecule has 1 rings (SSSR count). The van der Waals surface area contributed by atoms with Gasteiger partial charge in [-0.15, -0.1) is 0 Å². The molecule has 0 unspecified atom stereocenters. The normalized spacial score (nSPS) is 10.1. The SMILES string of the molecule is CN(C)CCCNC(=O)c1ccc(C#CCO)cc1F. The van der Waals surface area contributed by atoms with Crippen molar-refractivity contribution in [1.82, 2.24) is 10.2 Å². The molecule has 1 aromatic carbocycles. The Morgan fingerprint density at radius 3 is 2.80 bits per heavy atom. The number of halogens is 1. The van der Waals surface area contributed by atoms with Crippen LogP contribution in [0.4, 0.5) is 4.39 Å². The van der Waals surface area contributed by atoms with Crippen LogP contribution in [-0.4, -0.2) is 49.7 Å². The van der Waals surface area contributed by atoms with Crippen LogP contribution < -0.4 is 5.32 Å². The van der Waals surface area contributed by atoms with Crippen LogP contribution in [0.15, 0.2) is 18.2 Å². The number of amides is 1. The fraction of sp³-hybridized carbons (Fsp3) is 0.400. The van der Waals surface area contributed by atoms with Gasteiger partial charge in [-0.25, -0.2) is 4.39 Å². The molecule has 108 valence electrons. The third kappa shape index (κ3) is 5.39. The first-order valence-corrected chi connectivity index (χ1v) is 6.37. The van der Waals surface area contributed by atoms with Crippen LogP contribution in [0.25, 0.3) is 0 Å². The highest BCUT2D eigenvalue weighted by atomic mass is 19.1. The molecule has 0 heterocycles. The van der Waals surface area contributed by atoms with E-state index in [4.69, 9.17) is 5.11 Å². The van der Waals surface area contributed by atoms with Gasteiger partial charge in [0.15, 0.2) is 0 Å². The Morgan fingerprint density at radius 1 is 1.45 bits per heavy atom. The zero-order chi connectivity index (χ0) is 15.0. The predicted octanol–water partition coefficient (Wildman–Crippen LogP) is 0.851. The van der Waals surface area contributed by atoms with Crippen LogP contribution in [0.5, 0.6) is 0 Å². The molecule has 0 spiro atoms. The van der Waals surface area contributed by atoms with E-state index in [-0.39, 0.29) is 12.2 Å². The molecule has 0 bridgehead atoms. The van der Waals surface area contributed by atoms with Gasteiger partial charge in [-0.2, -0.15) is 0 Å². The average molecular weight is 278 g/mol. The topological polar surface area (TPSA) is 52.6 Å². The Balaban J connectivity index is 2.60. The van der Waals surface area contributed by atoms with E-state index in [9.17, 15) is 9.18 Å². The van der Waals surface area contributed by atoms with Gasteiger partial charge in [0.2, 0.25) is 0 Å². The van der Waals surface area contributed by atoms with E-state index in [0.29, 0.717) is 12.1 Å². The lowest BCUT2D eigenvalue weighted by atomic mass is 10.1. The number of aliphatic hydroxyl groups excluding tert-OH is 1. The summed E-state index contributed by atoms with van der Waals surface area (Å²) in [5.74, 6) is 3.98. The Morgan fingerprint density at radius 2 is 2.20 bits per heavy atom. The number of carbonyl (C=O) groups excluding carboxylic acids is 1. The number of carbonyl (C=O) groups is 1. The summed E-state index contributed by atoms with van der Waals surface area (Å²) in [6.07, 6.45) is 0.806. The lowest BCUT2D eigenvalue weighted by molar-refractivity contribution is 0.0948. The zero-order valence-electron chi connectivity index (χ0n) is 11.7.